The molecule has 9 heteroatoms. The molecule has 1 atom stereocenters. The Morgan fingerprint density at radius 2 is 2.19 bits per heavy atom. The summed E-state index contributed by atoms with van der Waals surface area (Å²) in [6.07, 6.45) is 1.79. The summed E-state index contributed by atoms with van der Waals surface area (Å²) in [5.74, 6) is 0.545. The summed E-state index contributed by atoms with van der Waals surface area (Å²) in [4.78, 5) is 29.8. The summed E-state index contributed by atoms with van der Waals surface area (Å²) in [7, 11) is 1.59. The molecule has 0 aliphatic carbocycles. The van der Waals surface area contributed by atoms with Crippen LogP contribution >= 0.6 is 11.8 Å². The molecule has 0 bridgehead atoms. The van der Waals surface area contributed by atoms with Gasteiger partial charge in [0.05, 0.1) is 24.5 Å². The molecule has 140 valence electrons. The highest BCUT2D eigenvalue weighted by Crippen LogP contribution is 2.33. The first-order chi connectivity index (χ1) is 13.2. The number of hydrogen-bond acceptors (Lipinski definition) is 6. The molecule has 3 aromatic rings. The van der Waals surface area contributed by atoms with Crippen molar-refractivity contribution in [2.75, 3.05) is 26.0 Å². The van der Waals surface area contributed by atoms with Gasteiger partial charge in [0.15, 0.2) is 10.8 Å². The number of nitrogens with zero attached hydrogens (tertiary/aromatic N) is 4. The average molecular weight is 385 g/mol. The normalized spacial score (nSPS) is 15.8. The smallest absolute Gasteiger partial charge is 0.265 e. The number of para-hydroxylation sites is 1. The number of amides is 1. The average Bonchev–Trinajstić information content (AvgIpc) is 3.28. The predicted molar refractivity (Wildman–Crippen MR) is 102 cm³/mol. The van der Waals surface area contributed by atoms with Gasteiger partial charge in [0.2, 0.25) is 5.91 Å². The molecule has 0 spiro atoms. The van der Waals surface area contributed by atoms with Gasteiger partial charge in [-0.25, -0.2) is 9.67 Å². The van der Waals surface area contributed by atoms with Crippen molar-refractivity contribution in [3.8, 4) is 5.69 Å². The molecular formula is C18H19N5O3S. The zero-order valence-electron chi connectivity index (χ0n) is 14.8. The molecule has 1 N–H and O–H groups in total. The van der Waals surface area contributed by atoms with Gasteiger partial charge in [-0.15, -0.1) is 0 Å². The lowest BCUT2D eigenvalue weighted by Crippen LogP contribution is -2.32. The number of carbonyl (C=O) groups is 1. The minimum absolute atomic E-state index is 0.0996. The molecule has 1 amide bonds. The van der Waals surface area contributed by atoms with Crippen molar-refractivity contribution in [3.05, 3.63) is 46.9 Å². The highest BCUT2D eigenvalue weighted by Gasteiger charge is 2.29. The molecule has 1 unspecified atom stereocenters. The maximum Gasteiger partial charge on any atom is 0.265 e. The number of nitrogens with one attached hydrogen (secondary N) is 1. The number of aromatic nitrogens is 4. The summed E-state index contributed by atoms with van der Waals surface area (Å²) >= 11 is 1.49. The SMILES string of the molecule is COCCNC(=O)CC1CSc2nc3c(cnn3-c3ccccc3)c(=O)n21. The fourth-order valence-corrected chi connectivity index (χ4v) is 4.25. The highest BCUT2D eigenvalue weighted by atomic mass is 32.2. The Hall–Kier alpha value is -2.65. The van der Waals surface area contributed by atoms with Crippen molar-refractivity contribution in [1.29, 1.82) is 0 Å². The fourth-order valence-electron chi connectivity index (χ4n) is 3.12. The summed E-state index contributed by atoms with van der Waals surface area (Å²) < 4.78 is 8.23. The van der Waals surface area contributed by atoms with Crippen LogP contribution in [0.5, 0.6) is 0 Å². The number of hydrogen-bond donors (Lipinski definition) is 1. The van der Waals surface area contributed by atoms with E-state index in [1.807, 2.05) is 30.3 Å². The van der Waals surface area contributed by atoms with Gasteiger partial charge < -0.3 is 10.1 Å². The molecule has 1 aliphatic rings. The minimum atomic E-state index is -0.211. The van der Waals surface area contributed by atoms with Gasteiger partial charge in [0, 0.05) is 25.8 Å². The number of ether oxygens (including phenoxy) is 1. The van der Waals surface area contributed by atoms with E-state index in [0.717, 1.165) is 5.69 Å². The fraction of sp³-hybridized carbons (Fsp3) is 0.333. The predicted octanol–water partition coefficient (Wildman–Crippen LogP) is 1.38. The number of methoxy groups -OCH3 is 1. The Kier molecular flexibility index (Phi) is 4.95. The van der Waals surface area contributed by atoms with Crippen molar-refractivity contribution in [2.45, 2.75) is 17.6 Å². The van der Waals surface area contributed by atoms with Gasteiger partial charge in [-0.2, -0.15) is 5.10 Å². The second kappa shape index (κ2) is 7.53. The van der Waals surface area contributed by atoms with Gasteiger partial charge >= 0.3 is 0 Å². The van der Waals surface area contributed by atoms with E-state index in [1.54, 1.807) is 22.6 Å². The van der Waals surface area contributed by atoms with E-state index >= 15 is 0 Å². The van der Waals surface area contributed by atoms with Crippen LogP contribution < -0.4 is 10.9 Å². The number of benzene rings is 1. The van der Waals surface area contributed by atoms with Gasteiger partial charge in [-0.3, -0.25) is 14.2 Å². The topological polar surface area (TPSA) is 91.0 Å². The van der Waals surface area contributed by atoms with Crippen LogP contribution in [0.2, 0.25) is 0 Å². The molecule has 27 heavy (non-hydrogen) atoms. The first-order valence-electron chi connectivity index (χ1n) is 8.63. The van der Waals surface area contributed by atoms with Crippen LogP contribution in [0.3, 0.4) is 0 Å². The first-order valence-corrected chi connectivity index (χ1v) is 9.61. The van der Waals surface area contributed by atoms with E-state index in [0.29, 0.717) is 35.1 Å². The quantitative estimate of drug-likeness (QED) is 0.509. The first kappa shape index (κ1) is 17.7. The van der Waals surface area contributed by atoms with E-state index < -0.39 is 0 Å². The zero-order chi connectivity index (χ0) is 18.8. The second-order valence-electron chi connectivity index (χ2n) is 6.21. The molecule has 3 heterocycles. The van der Waals surface area contributed by atoms with Gasteiger partial charge in [0.25, 0.3) is 5.56 Å². The standard InChI is InChI=1S/C18H19N5O3S/c1-26-8-7-19-15(24)9-13-11-27-18-21-16-14(17(25)22(13)18)10-20-23(16)12-5-3-2-4-6-12/h2-6,10,13H,7-9,11H2,1H3,(H,19,24). The molecule has 4 rings (SSSR count). The van der Waals surface area contributed by atoms with E-state index in [1.165, 1.54) is 11.8 Å². The van der Waals surface area contributed by atoms with E-state index in [9.17, 15) is 9.59 Å². The number of thioether (sulfide) groups is 1. The summed E-state index contributed by atoms with van der Waals surface area (Å²) in [6, 6.07) is 9.37. The zero-order valence-corrected chi connectivity index (χ0v) is 15.6. The summed E-state index contributed by atoms with van der Waals surface area (Å²) in [5, 5.41) is 8.22. The molecule has 0 radical (unpaired) electrons. The van der Waals surface area contributed by atoms with Crippen LogP contribution in [0.15, 0.2) is 46.5 Å². The Morgan fingerprint density at radius 3 is 2.96 bits per heavy atom. The molecular weight excluding hydrogens is 366 g/mol. The molecule has 8 nitrogen and oxygen atoms in total. The monoisotopic (exact) mass is 385 g/mol. The lowest BCUT2D eigenvalue weighted by atomic mass is 10.2. The van der Waals surface area contributed by atoms with Crippen LogP contribution in [0.4, 0.5) is 0 Å². The lowest BCUT2D eigenvalue weighted by molar-refractivity contribution is -0.121. The molecule has 1 aliphatic heterocycles. The minimum Gasteiger partial charge on any atom is -0.383 e. The third-order valence-corrected chi connectivity index (χ3v) is 5.52. The highest BCUT2D eigenvalue weighted by molar-refractivity contribution is 7.99. The van der Waals surface area contributed by atoms with Crippen molar-refractivity contribution in [1.82, 2.24) is 24.6 Å². The lowest BCUT2D eigenvalue weighted by Gasteiger charge is -2.13. The molecule has 0 saturated heterocycles. The van der Waals surface area contributed by atoms with Crippen molar-refractivity contribution < 1.29 is 9.53 Å². The maximum absolute atomic E-state index is 13.0. The summed E-state index contributed by atoms with van der Waals surface area (Å²) in [6.45, 7) is 0.917. The van der Waals surface area contributed by atoms with Gasteiger partial charge in [-0.1, -0.05) is 30.0 Å². The van der Waals surface area contributed by atoms with Crippen molar-refractivity contribution >= 4 is 28.7 Å². The largest absolute Gasteiger partial charge is 0.383 e. The van der Waals surface area contributed by atoms with E-state index in [2.05, 4.69) is 15.4 Å². The van der Waals surface area contributed by atoms with Crippen LogP contribution in [-0.4, -0.2) is 51.3 Å². The Balaban J connectivity index is 1.65. The van der Waals surface area contributed by atoms with Crippen LogP contribution in [-0.2, 0) is 9.53 Å². The molecule has 0 fully saturated rings. The maximum atomic E-state index is 13.0. The number of carbonyl (C=O) groups excluding carboxylic acids is 1. The van der Waals surface area contributed by atoms with Crippen molar-refractivity contribution in [2.24, 2.45) is 0 Å². The Bertz CT molecular complexity index is 1030. The van der Waals surface area contributed by atoms with Crippen LogP contribution in [0.25, 0.3) is 16.7 Å². The third-order valence-electron chi connectivity index (χ3n) is 4.42. The van der Waals surface area contributed by atoms with Crippen LogP contribution in [0, 0.1) is 0 Å². The third kappa shape index (κ3) is 3.35. The van der Waals surface area contributed by atoms with E-state index in [-0.39, 0.29) is 23.9 Å². The van der Waals surface area contributed by atoms with Gasteiger partial charge in [0.1, 0.15) is 5.39 Å². The molecule has 1 aromatic carbocycles. The summed E-state index contributed by atoms with van der Waals surface area (Å²) in [5.41, 5.74) is 1.23. The Labute approximate surface area is 159 Å². The van der Waals surface area contributed by atoms with Crippen molar-refractivity contribution in [3.63, 3.8) is 0 Å². The number of rotatable bonds is 6. The Morgan fingerprint density at radius 1 is 1.37 bits per heavy atom. The van der Waals surface area contributed by atoms with E-state index in [4.69, 9.17) is 4.74 Å². The number of fused-ring (bicyclic) bond motifs is 2. The second-order valence-corrected chi connectivity index (χ2v) is 7.20. The molecule has 2 aromatic heterocycles. The molecule has 0 saturated carbocycles. The van der Waals surface area contributed by atoms with Crippen LogP contribution in [0.1, 0.15) is 12.5 Å². The van der Waals surface area contributed by atoms with Gasteiger partial charge in [-0.05, 0) is 12.1 Å².